The molecular formula is C12H19N3O2. The van der Waals surface area contributed by atoms with E-state index in [9.17, 15) is 4.79 Å². The Morgan fingerprint density at radius 1 is 1.35 bits per heavy atom. The first-order valence-corrected chi connectivity index (χ1v) is 5.56. The van der Waals surface area contributed by atoms with Crippen LogP contribution in [0.15, 0.2) is 12.4 Å². The Hall–Kier alpha value is -1.65. The predicted octanol–water partition coefficient (Wildman–Crippen LogP) is 1.33. The van der Waals surface area contributed by atoms with Gasteiger partial charge in [0.2, 0.25) is 5.91 Å². The minimum absolute atomic E-state index is 0.0355. The van der Waals surface area contributed by atoms with Gasteiger partial charge in [-0.1, -0.05) is 0 Å². The zero-order valence-corrected chi connectivity index (χ0v) is 10.8. The van der Waals surface area contributed by atoms with Crippen LogP contribution in [0, 0.1) is 0 Å². The zero-order chi connectivity index (χ0) is 12.9. The Labute approximate surface area is 102 Å². The number of hydrogen-bond acceptors (Lipinski definition) is 4. The predicted molar refractivity (Wildman–Crippen MR) is 64.8 cm³/mol. The first-order chi connectivity index (χ1) is 7.90. The molecule has 5 nitrogen and oxygen atoms in total. The summed E-state index contributed by atoms with van der Waals surface area (Å²) >= 11 is 0. The van der Waals surface area contributed by atoms with Crippen LogP contribution in [0.2, 0.25) is 0 Å². The summed E-state index contributed by atoms with van der Waals surface area (Å²) in [6.07, 6.45) is 4.42. The molecule has 1 amide bonds. The van der Waals surface area contributed by atoms with E-state index in [-0.39, 0.29) is 11.4 Å². The Morgan fingerprint density at radius 3 is 2.41 bits per heavy atom. The van der Waals surface area contributed by atoms with Gasteiger partial charge in [0.05, 0.1) is 7.11 Å². The average molecular weight is 237 g/mol. The van der Waals surface area contributed by atoms with Crippen molar-refractivity contribution in [3.8, 4) is 6.01 Å². The largest absolute Gasteiger partial charge is 0.467 e. The van der Waals surface area contributed by atoms with E-state index in [4.69, 9.17) is 4.74 Å². The summed E-state index contributed by atoms with van der Waals surface area (Å²) in [6, 6.07) is 0.341. The number of nitrogens with one attached hydrogen (secondary N) is 1. The highest BCUT2D eigenvalue weighted by Crippen LogP contribution is 2.05. The fourth-order valence-electron chi connectivity index (χ4n) is 1.32. The summed E-state index contributed by atoms with van der Waals surface area (Å²) in [6.45, 7) is 5.88. The second-order valence-corrected chi connectivity index (χ2v) is 4.88. The van der Waals surface area contributed by atoms with Crippen LogP contribution in [0.5, 0.6) is 6.01 Å². The molecule has 1 rings (SSSR count). The quantitative estimate of drug-likeness (QED) is 0.858. The first kappa shape index (κ1) is 13.4. The van der Waals surface area contributed by atoms with E-state index < -0.39 is 0 Å². The van der Waals surface area contributed by atoms with E-state index in [1.165, 1.54) is 7.11 Å². The third kappa shape index (κ3) is 5.29. The van der Waals surface area contributed by atoms with Gasteiger partial charge in [-0.2, -0.15) is 0 Å². The van der Waals surface area contributed by atoms with Crippen molar-refractivity contribution in [3.63, 3.8) is 0 Å². The lowest BCUT2D eigenvalue weighted by atomic mass is 10.1. The number of aromatic nitrogens is 2. The molecular weight excluding hydrogens is 218 g/mol. The van der Waals surface area contributed by atoms with Crippen molar-refractivity contribution in [2.24, 2.45) is 0 Å². The standard InChI is InChI=1S/C12H19N3O2/c1-12(2,3)15-10(16)6-5-9-7-13-11(17-4)14-8-9/h7-8H,5-6H2,1-4H3,(H,15,16). The van der Waals surface area contributed by atoms with Crippen LogP contribution in [-0.2, 0) is 11.2 Å². The number of rotatable bonds is 4. The number of hydrogen-bond donors (Lipinski definition) is 1. The number of amides is 1. The second kappa shape index (κ2) is 5.61. The van der Waals surface area contributed by atoms with E-state index >= 15 is 0 Å². The van der Waals surface area contributed by atoms with Gasteiger partial charge in [-0.3, -0.25) is 4.79 Å². The highest BCUT2D eigenvalue weighted by Gasteiger charge is 2.13. The van der Waals surface area contributed by atoms with Crippen molar-refractivity contribution in [3.05, 3.63) is 18.0 Å². The van der Waals surface area contributed by atoms with Gasteiger partial charge in [-0.15, -0.1) is 0 Å². The lowest BCUT2D eigenvalue weighted by Gasteiger charge is -2.20. The molecule has 0 saturated heterocycles. The third-order valence-electron chi connectivity index (χ3n) is 2.02. The van der Waals surface area contributed by atoms with Crippen LogP contribution in [0.25, 0.3) is 0 Å². The molecule has 0 unspecified atom stereocenters. The molecule has 5 heteroatoms. The molecule has 17 heavy (non-hydrogen) atoms. The molecule has 0 radical (unpaired) electrons. The van der Waals surface area contributed by atoms with Crippen LogP contribution in [-0.4, -0.2) is 28.5 Å². The summed E-state index contributed by atoms with van der Waals surface area (Å²) < 4.78 is 4.86. The van der Waals surface area contributed by atoms with Gasteiger partial charge in [-0.05, 0) is 32.8 Å². The van der Waals surface area contributed by atoms with Gasteiger partial charge in [-0.25, -0.2) is 9.97 Å². The maximum atomic E-state index is 11.6. The van der Waals surface area contributed by atoms with Gasteiger partial charge in [0, 0.05) is 24.4 Å². The molecule has 0 aromatic carbocycles. The fraction of sp³-hybridized carbons (Fsp3) is 0.583. The van der Waals surface area contributed by atoms with Crippen molar-refractivity contribution < 1.29 is 9.53 Å². The summed E-state index contributed by atoms with van der Waals surface area (Å²) in [7, 11) is 1.52. The van der Waals surface area contributed by atoms with Crippen molar-refractivity contribution in [2.45, 2.75) is 39.2 Å². The minimum Gasteiger partial charge on any atom is -0.467 e. The van der Waals surface area contributed by atoms with Crippen LogP contribution in [0.4, 0.5) is 0 Å². The van der Waals surface area contributed by atoms with Crippen LogP contribution < -0.4 is 10.1 Å². The Kier molecular flexibility index (Phi) is 4.43. The van der Waals surface area contributed by atoms with Crippen molar-refractivity contribution >= 4 is 5.91 Å². The van der Waals surface area contributed by atoms with Gasteiger partial charge in [0.1, 0.15) is 0 Å². The molecule has 0 fully saturated rings. The number of carbonyl (C=O) groups is 1. The van der Waals surface area contributed by atoms with Crippen molar-refractivity contribution in [1.82, 2.24) is 15.3 Å². The smallest absolute Gasteiger partial charge is 0.316 e. The van der Waals surface area contributed by atoms with E-state index in [1.807, 2.05) is 20.8 Å². The molecule has 0 saturated carbocycles. The second-order valence-electron chi connectivity index (χ2n) is 4.88. The molecule has 0 spiro atoms. The van der Waals surface area contributed by atoms with Crippen molar-refractivity contribution in [2.75, 3.05) is 7.11 Å². The molecule has 1 aromatic heterocycles. The summed E-state index contributed by atoms with van der Waals surface area (Å²) in [5.74, 6) is 0.0355. The van der Waals surface area contributed by atoms with Crippen molar-refractivity contribution in [1.29, 1.82) is 0 Å². The first-order valence-electron chi connectivity index (χ1n) is 5.56. The highest BCUT2D eigenvalue weighted by atomic mass is 16.5. The maximum Gasteiger partial charge on any atom is 0.316 e. The van der Waals surface area contributed by atoms with Gasteiger partial charge in [0.15, 0.2) is 0 Å². The van der Waals surface area contributed by atoms with E-state index in [0.29, 0.717) is 18.9 Å². The molecule has 1 aromatic rings. The molecule has 0 bridgehead atoms. The highest BCUT2D eigenvalue weighted by molar-refractivity contribution is 5.76. The Bertz CT molecular complexity index is 368. The molecule has 1 heterocycles. The van der Waals surface area contributed by atoms with E-state index in [2.05, 4.69) is 15.3 Å². The molecule has 0 atom stereocenters. The lowest BCUT2D eigenvalue weighted by molar-refractivity contribution is -0.122. The van der Waals surface area contributed by atoms with Gasteiger partial charge < -0.3 is 10.1 Å². The average Bonchev–Trinajstić information content (AvgIpc) is 2.25. The van der Waals surface area contributed by atoms with E-state index in [1.54, 1.807) is 12.4 Å². The molecule has 0 aliphatic rings. The summed E-state index contributed by atoms with van der Waals surface area (Å²) in [4.78, 5) is 19.5. The zero-order valence-electron chi connectivity index (χ0n) is 10.8. The number of aryl methyl sites for hydroxylation is 1. The van der Waals surface area contributed by atoms with E-state index in [0.717, 1.165) is 5.56 Å². The normalized spacial score (nSPS) is 11.1. The minimum atomic E-state index is -0.187. The monoisotopic (exact) mass is 237 g/mol. The van der Waals surface area contributed by atoms with Gasteiger partial charge in [0.25, 0.3) is 0 Å². The number of carbonyl (C=O) groups excluding carboxylic acids is 1. The molecule has 94 valence electrons. The Morgan fingerprint density at radius 2 is 1.94 bits per heavy atom. The van der Waals surface area contributed by atoms with Crippen LogP contribution in [0.3, 0.4) is 0 Å². The van der Waals surface area contributed by atoms with Crippen LogP contribution >= 0.6 is 0 Å². The number of methoxy groups -OCH3 is 1. The SMILES string of the molecule is COc1ncc(CCC(=O)NC(C)(C)C)cn1. The molecule has 0 aliphatic carbocycles. The van der Waals surface area contributed by atoms with Gasteiger partial charge >= 0.3 is 6.01 Å². The summed E-state index contributed by atoms with van der Waals surface area (Å²) in [5.41, 5.74) is 0.739. The lowest BCUT2D eigenvalue weighted by Crippen LogP contribution is -2.40. The van der Waals surface area contributed by atoms with Crippen LogP contribution in [0.1, 0.15) is 32.8 Å². The third-order valence-corrected chi connectivity index (χ3v) is 2.02. The fourth-order valence-corrected chi connectivity index (χ4v) is 1.32. The summed E-state index contributed by atoms with van der Waals surface area (Å²) in [5, 5.41) is 2.91. The number of nitrogens with zero attached hydrogens (tertiary/aromatic N) is 2. The number of ether oxygens (including phenoxy) is 1. The molecule has 0 aliphatic heterocycles. The topological polar surface area (TPSA) is 64.1 Å². The maximum absolute atomic E-state index is 11.6. The Balaban J connectivity index is 2.42. The molecule has 1 N–H and O–H groups in total.